The van der Waals surface area contributed by atoms with E-state index >= 15 is 0 Å². The number of nitrogens with one attached hydrogen (secondary N) is 1. The number of anilines is 1. The molecule has 1 aromatic heterocycles. The Kier molecular flexibility index (Phi) is 5.73. The first-order valence-electron chi connectivity index (χ1n) is 8.28. The molecule has 0 aliphatic carbocycles. The third-order valence-electron chi connectivity index (χ3n) is 3.95. The maximum atomic E-state index is 12.2. The molecule has 134 valence electrons. The first kappa shape index (κ1) is 18.2. The van der Waals surface area contributed by atoms with Crippen molar-refractivity contribution >= 4 is 27.7 Å². The predicted molar refractivity (Wildman–Crippen MR) is 106 cm³/mol. The Hall–Kier alpha value is -2.60. The number of hydrogen-bond donors (Lipinski definition) is 1. The highest BCUT2D eigenvalue weighted by atomic mass is 79.9. The molecule has 5 nitrogen and oxygen atoms in total. The Labute approximate surface area is 161 Å². The van der Waals surface area contributed by atoms with Gasteiger partial charge in [0.1, 0.15) is 11.6 Å². The van der Waals surface area contributed by atoms with Crippen LogP contribution in [-0.4, -0.2) is 22.3 Å². The number of carbonyl (C=O) groups excluding carboxylic acids is 1. The molecule has 0 spiro atoms. The second kappa shape index (κ2) is 8.19. The zero-order valence-electron chi connectivity index (χ0n) is 14.7. The largest absolute Gasteiger partial charge is 0.483 e. The fraction of sp³-hybridized carbons (Fsp3) is 0.200. The van der Waals surface area contributed by atoms with E-state index < -0.39 is 0 Å². The van der Waals surface area contributed by atoms with Gasteiger partial charge in [0.25, 0.3) is 5.91 Å². The third kappa shape index (κ3) is 4.52. The van der Waals surface area contributed by atoms with E-state index in [4.69, 9.17) is 4.74 Å². The van der Waals surface area contributed by atoms with Crippen molar-refractivity contribution in [3.8, 4) is 5.75 Å². The number of ether oxygens (including phenoxy) is 1. The number of aryl methyl sites for hydroxylation is 2. The summed E-state index contributed by atoms with van der Waals surface area (Å²) in [6.45, 7) is 4.49. The van der Waals surface area contributed by atoms with Gasteiger partial charge >= 0.3 is 0 Å². The monoisotopic (exact) mass is 413 g/mol. The zero-order chi connectivity index (χ0) is 18.5. The average Bonchev–Trinajstić information content (AvgIpc) is 3.03. The minimum atomic E-state index is -0.223. The summed E-state index contributed by atoms with van der Waals surface area (Å²) in [5.74, 6) is 1.13. The fourth-order valence-electron chi connectivity index (χ4n) is 2.64. The van der Waals surface area contributed by atoms with E-state index in [1.54, 1.807) is 16.9 Å². The predicted octanol–water partition coefficient (Wildman–Crippen LogP) is 4.33. The second-order valence-electron chi connectivity index (χ2n) is 6.07. The summed E-state index contributed by atoms with van der Waals surface area (Å²) in [5, 5.41) is 7.14. The van der Waals surface area contributed by atoms with Gasteiger partial charge < -0.3 is 10.1 Å². The number of rotatable bonds is 6. The van der Waals surface area contributed by atoms with Crippen molar-refractivity contribution in [2.75, 3.05) is 11.9 Å². The molecule has 1 N–H and O–H groups in total. The Morgan fingerprint density at radius 1 is 1.19 bits per heavy atom. The van der Waals surface area contributed by atoms with E-state index in [-0.39, 0.29) is 12.5 Å². The topological polar surface area (TPSA) is 56.1 Å². The van der Waals surface area contributed by atoms with Gasteiger partial charge in [-0.05, 0) is 37.1 Å². The molecule has 0 saturated carbocycles. The first-order valence-corrected chi connectivity index (χ1v) is 9.07. The highest BCUT2D eigenvalue weighted by Crippen LogP contribution is 2.20. The van der Waals surface area contributed by atoms with Crippen molar-refractivity contribution in [2.45, 2.75) is 20.4 Å². The van der Waals surface area contributed by atoms with Gasteiger partial charge in [-0.15, -0.1) is 0 Å². The Balaban J connectivity index is 1.62. The van der Waals surface area contributed by atoms with Gasteiger partial charge in [-0.25, -0.2) is 4.68 Å². The van der Waals surface area contributed by atoms with Crippen LogP contribution >= 0.6 is 15.9 Å². The Morgan fingerprint density at radius 2 is 2.00 bits per heavy atom. The van der Waals surface area contributed by atoms with Crippen molar-refractivity contribution in [2.24, 2.45) is 0 Å². The van der Waals surface area contributed by atoms with Crippen molar-refractivity contribution in [1.29, 1.82) is 0 Å². The number of aromatic nitrogens is 2. The molecule has 0 atom stereocenters. The quantitative estimate of drug-likeness (QED) is 0.654. The third-order valence-corrected chi connectivity index (χ3v) is 4.72. The van der Waals surface area contributed by atoms with Gasteiger partial charge in [0.05, 0.1) is 12.7 Å². The molecule has 2 aromatic carbocycles. The Bertz CT molecular complexity index is 921. The van der Waals surface area contributed by atoms with Gasteiger partial charge in [-0.3, -0.25) is 4.79 Å². The van der Waals surface area contributed by atoms with Crippen molar-refractivity contribution < 1.29 is 9.53 Å². The lowest BCUT2D eigenvalue weighted by Gasteiger charge is -2.12. The van der Waals surface area contributed by atoms with Crippen molar-refractivity contribution in [3.05, 3.63) is 75.9 Å². The average molecular weight is 414 g/mol. The molecule has 0 radical (unpaired) electrons. The van der Waals surface area contributed by atoms with Crippen LogP contribution in [0.5, 0.6) is 5.75 Å². The van der Waals surface area contributed by atoms with Crippen molar-refractivity contribution in [1.82, 2.24) is 9.78 Å². The smallest absolute Gasteiger partial charge is 0.263 e. The molecule has 3 rings (SSSR count). The lowest BCUT2D eigenvalue weighted by Crippen LogP contribution is -2.22. The lowest BCUT2D eigenvalue weighted by molar-refractivity contribution is -0.118. The number of benzene rings is 2. The van der Waals surface area contributed by atoms with E-state index in [1.807, 2.05) is 56.3 Å². The summed E-state index contributed by atoms with van der Waals surface area (Å²) < 4.78 is 8.38. The minimum Gasteiger partial charge on any atom is -0.483 e. The molecule has 0 aliphatic rings. The van der Waals surface area contributed by atoms with Crippen LogP contribution in [0.1, 0.15) is 16.7 Å². The highest BCUT2D eigenvalue weighted by Gasteiger charge is 2.10. The molecule has 0 unspecified atom stereocenters. The zero-order valence-corrected chi connectivity index (χ0v) is 16.3. The molecular weight excluding hydrogens is 394 g/mol. The van der Waals surface area contributed by atoms with E-state index in [1.165, 1.54) is 0 Å². The molecule has 0 fully saturated rings. The van der Waals surface area contributed by atoms with Crippen LogP contribution in [0.15, 0.2) is 59.2 Å². The van der Waals surface area contributed by atoms with Gasteiger partial charge in [0.15, 0.2) is 6.61 Å². The molecule has 6 heteroatoms. The highest BCUT2D eigenvalue weighted by molar-refractivity contribution is 9.10. The van der Waals surface area contributed by atoms with Crippen LogP contribution in [-0.2, 0) is 11.3 Å². The van der Waals surface area contributed by atoms with Gasteiger partial charge in [0.2, 0.25) is 0 Å². The van der Waals surface area contributed by atoms with Crippen LogP contribution in [0, 0.1) is 13.8 Å². The molecular formula is C20H20BrN3O2. The van der Waals surface area contributed by atoms with Crippen LogP contribution < -0.4 is 10.1 Å². The van der Waals surface area contributed by atoms with Crippen LogP contribution in [0.2, 0.25) is 0 Å². The standard InChI is InChI=1S/C20H20BrN3O2/c1-14-7-8-18(15(2)11-14)26-13-20(25)23-19-9-10-22-24(19)12-16-5-3-4-6-17(16)21/h3-11H,12-13H2,1-2H3,(H,23,25). The number of amides is 1. The van der Waals surface area contributed by atoms with Gasteiger partial charge in [0, 0.05) is 10.5 Å². The Morgan fingerprint density at radius 3 is 2.77 bits per heavy atom. The molecule has 0 aliphatic heterocycles. The molecule has 26 heavy (non-hydrogen) atoms. The fourth-order valence-corrected chi connectivity index (χ4v) is 3.05. The summed E-state index contributed by atoms with van der Waals surface area (Å²) in [5.41, 5.74) is 3.25. The van der Waals surface area contributed by atoms with E-state index in [0.29, 0.717) is 18.1 Å². The van der Waals surface area contributed by atoms with Gasteiger partial charge in [-0.2, -0.15) is 5.10 Å². The number of halogens is 1. The summed E-state index contributed by atoms with van der Waals surface area (Å²) >= 11 is 3.53. The molecule has 3 aromatic rings. The molecule has 1 amide bonds. The first-order chi connectivity index (χ1) is 12.5. The molecule has 0 saturated heterocycles. The van der Waals surface area contributed by atoms with Gasteiger partial charge in [-0.1, -0.05) is 51.8 Å². The van der Waals surface area contributed by atoms with Crippen LogP contribution in [0.25, 0.3) is 0 Å². The maximum absolute atomic E-state index is 12.2. The maximum Gasteiger partial charge on any atom is 0.263 e. The SMILES string of the molecule is Cc1ccc(OCC(=O)Nc2ccnn2Cc2ccccc2Br)c(C)c1. The van der Waals surface area contributed by atoms with E-state index in [2.05, 4.69) is 26.3 Å². The summed E-state index contributed by atoms with van der Waals surface area (Å²) in [4.78, 5) is 12.2. The summed E-state index contributed by atoms with van der Waals surface area (Å²) in [6, 6.07) is 15.6. The molecule has 0 bridgehead atoms. The van der Waals surface area contributed by atoms with E-state index in [9.17, 15) is 4.79 Å². The summed E-state index contributed by atoms with van der Waals surface area (Å²) in [7, 11) is 0. The number of hydrogen-bond acceptors (Lipinski definition) is 3. The normalized spacial score (nSPS) is 10.6. The van der Waals surface area contributed by atoms with E-state index in [0.717, 1.165) is 21.2 Å². The second-order valence-corrected chi connectivity index (χ2v) is 6.93. The minimum absolute atomic E-state index is 0.0515. The van der Waals surface area contributed by atoms with Crippen LogP contribution in [0.4, 0.5) is 5.82 Å². The summed E-state index contributed by atoms with van der Waals surface area (Å²) in [6.07, 6.45) is 1.66. The van der Waals surface area contributed by atoms with Crippen LogP contribution in [0.3, 0.4) is 0 Å². The number of carbonyl (C=O) groups is 1. The van der Waals surface area contributed by atoms with Crippen molar-refractivity contribution in [3.63, 3.8) is 0 Å². The molecule has 1 heterocycles. The number of nitrogens with zero attached hydrogens (tertiary/aromatic N) is 2. The lowest BCUT2D eigenvalue weighted by atomic mass is 10.1.